The van der Waals surface area contributed by atoms with Crippen molar-refractivity contribution in [2.75, 3.05) is 12.0 Å². The van der Waals surface area contributed by atoms with Crippen molar-refractivity contribution in [2.24, 2.45) is 11.5 Å². The molecule has 10 heteroatoms. The van der Waals surface area contributed by atoms with Gasteiger partial charge in [0.1, 0.15) is 17.3 Å². The van der Waals surface area contributed by atoms with Gasteiger partial charge in [-0.2, -0.15) is 11.8 Å². The second-order valence-electron chi connectivity index (χ2n) is 4.69. The van der Waals surface area contributed by atoms with Crippen molar-refractivity contribution >= 4 is 51.1 Å². The highest BCUT2D eigenvalue weighted by atomic mass is 33.1. The Labute approximate surface area is 135 Å². The number of carboxylic acid groups (broad SMARTS) is 2. The van der Waals surface area contributed by atoms with Crippen LogP contribution in [0.4, 0.5) is 0 Å². The quantitative estimate of drug-likeness (QED) is 0.403. The zero-order valence-electron chi connectivity index (χ0n) is 11.9. The zero-order chi connectivity index (χ0) is 16.8. The van der Waals surface area contributed by atoms with Crippen LogP contribution in [-0.2, 0) is 14.4 Å². The number of ketones is 1. The van der Waals surface area contributed by atoms with Gasteiger partial charge in [-0.3, -0.25) is 14.4 Å². The van der Waals surface area contributed by atoms with E-state index in [9.17, 15) is 14.4 Å². The third-order valence-corrected chi connectivity index (χ3v) is 6.72. The monoisotopic (exact) mass is 356 g/mol. The maximum Gasteiger partial charge on any atom is 0.322 e. The summed E-state index contributed by atoms with van der Waals surface area (Å²) >= 11 is 1.30. The molecular formula is C11H20N2O5S3. The summed E-state index contributed by atoms with van der Waals surface area (Å²) in [4.78, 5) is 34.1. The van der Waals surface area contributed by atoms with Crippen molar-refractivity contribution in [3.05, 3.63) is 0 Å². The Bertz CT molecular complexity index is 405. The van der Waals surface area contributed by atoms with Gasteiger partial charge in [-0.05, 0) is 20.1 Å². The molecule has 0 bridgehead atoms. The maximum atomic E-state index is 12.4. The topological polar surface area (TPSA) is 144 Å². The standard InChI is InChI=1S/C11H20N2O5S3/c1-11(2,19-3)8(14)7(6(13)10(17)18)21-20-4-5(12)9(15)16/h5-7H,4,12-13H2,1-3H3,(H,15,16)(H,17,18)/t5-,6-,7?/m0/s1. The SMILES string of the molecule is CSC(C)(C)C(=O)C(SSC[C@H](N)C(=O)O)[C@H](N)C(=O)O. The van der Waals surface area contributed by atoms with E-state index < -0.39 is 34.0 Å². The highest BCUT2D eigenvalue weighted by Crippen LogP contribution is 2.35. The lowest BCUT2D eigenvalue weighted by Crippen LogP contribution is -2.49. The van der Waals surface area contributed by atoms with Crippen LogP contribution in [-0.4, -0.2) is 62.0 Å². The predicted molar refractivity (Wildman–Crippen MR) is 87.7 cm³/mol. The van der Waals surface area contributed by atoms with Crippen molar-refractivity contribution in [1.29, 1.82) is 0 Å². The molecule has 0 aliphatic heterocycles. The average Bonchev–Trinajstić information content (AvgIpc) is 2.41. The van der Waals surface area contributed by atoms with E-state index in [2.05, 4.69) is 0 Å². The summed E-state index contributed by atoms with van der Waals surface area (Å²) in [6.45, 7) is 3.38. The molecule has 0 spiro atoms. The van der Waals surface area contributed by atoms with Crippen LogP contribution in [0.15, 0.2) is 0 Å². The molecule has 1 unspecified atom stereocenters. The van der Waals surface area contributed by atoms with Crippen molar-refractivity contribution < 1.29 is 24.6 Å². The number of hydrogen-bond donors (Lipinski definition) is 4. The first kappa shape index (κ1) is 20.6. The van der Waals surface area contributed by atoms with E-state index in [-0.39, 0.29) is 11.5 Å². The van der Waals surface area contributed by atoms with Gasteiger partial charge in [0.05, 0.1) is 4.75 Å². The van der Waals surface area contributed by atoms with Gasteiger partial charge in [0.2, 0.25) is 0 Å². The number of carbonyl (C=O) groups is 3. The molecule has 0 heterocycles. The van der Waals surface area contributed by atoms with E-state index in [4.69, 9.17) is 21.7 Å². The summed E-state index contributed by atoms with van der Waals surface area (Å²) in [6, 6.07) is -2.43. The van der Waals surface area contributed by atoms with E-state index in [0.29, 0.717) is 0 Å². The zero-order valence-corrected chi connectivity index (χ0v) is 14.4. The molecule has 0 radical (unpaired) electrons. The normalized spacial score (nSPS) is 16.0. The van der Waals surface area contributed by atoms with Crippen LogP contribution >= 0.6 is 33.3 Å². The second-order valence-corrected chi connectivity index (χ2v) is 8.67. The molecule has 0 saturated carbocycles. The third-order valence-electron chi connectivity index (χ3n) is 2.71. The molecule has 0 aliphatic rings. The Morgan fingerprint density at radius 1 is 1.14 bits per heavy atom. The second kappa shape index (κ2) is 8.89. The van der Waals surface area contributed by atoms with E-state index in [0.717, 1.165) is 21.6 Å². The Morgan fingerprint density at radius 3 is 2.05 bits per heavy atom. The minimum atomic E-state index is -1.36. The molecular weight excluding hydrogens is 336 g/mol. The van der Waals surface area contributed by atoms with Gasteiger partial charge in [0.15, 0.2) is 5.78 Å². The van der Waals surface area contributed by atoms with Gasteiger partial charge in [-0.15, -0.1) is 0 Å². The minimum Gasteiger partial charge on any atom is -0.480 e. The van der Waals surface area contributed by atoms with Gasteiger partial charge >= 0.3 is 11.9 Å². The summed E-state index contributed by atoms with van der Waals surface area (Å²) in [7, 11) is 1.99. The molecule has 3 atom stereocenters. The predicted octanol–water partition coefficient (Wildman–Crippen LogP) is 0.271. The van der Waals surface area contributed by atoms with Gasteiger partial charge in [0.25, 0.3) is 0 Å². The fourth-order valence-electron chi connectivity index (χ4n) is 1.10. The number of rotatable bonds is 10. The van der Waals surface area contributed by atoms with Crippen LogP contribution in [0.2, 0.25) is 0 Å². The molecule has 122 valence electrons. The maximum absolute atomic E-state index is 12.4. The first-order chi connectivity index (χ1) is 9.54. The van der Waals surface area contributed by atoms with Crippen LogP contribution in [0, 0.1) is 0 Å². The molecule has 0 saturated heterocycles. The summed E-state index contributed by atoms with van der Waals surface area (Å²) in [5.41, 5.74) is 10.9. The molecule has 0 aromatic rings. The fourth-order valence-corrected chi connectivity index (χ4v) is 4.37. The number of carboxylic acids is 2. The average molecular weight is 356 g/mol. The number of nitrogens with two attached hydrogens (primary N) is 2. The summed E-state index contributed by atoms with van der Waals surface area (Å²) < 4.78 is -0.778. The number of hydrogen-bond acceptors (Lipinski definition) is 8. The van der Waals surface area contributed by atoms with E-state index in [1.165, 1.54) is 11.8 Å². The third kappa shape index (κ3) is 6.47. The van der Waals surface area contributed by atoms with Gasteiger partial charge < -0.3 is 21.7 Å². The molecule has 6 N–H and O–H groups in total. The largest absolute Gasteiger partial charge is 0.480 e. The molecule has 0 amide bonds. The molecule has 21 heavy (non-hydrogen) atoms. The highest BCUT2D eigenvalue weighted by molar-refractivity contribution is 8.77. The van der Waals surface area contributed by atoms with Crippen molar-refractivity contribution in [2.45, 2.75) is 35.9 Å². The Morgan fingerprint density at radius 2 is 1.67 bits per heavy atom. The Hall–Kier alpha value is -0.420. The fraction of sp³-hybridized carbons (Fsp3) is 0.727. The van der Waals surface area contributed by atoms with Gasteiger partial charge in [-0.25, -0.2) is 0 Å². The number of thioether (sulfide) groups is 1. The molecule has 0 rings (SSSR count). The van der Waals surface area contributed by atoms with Gasteiger partial charge in [-0.1, -0.05) is 21.6 Å². The van der Waals surface area contributed by atoms with Crippen molar-refractivity contribution in [3.63, 3.8) is 0 Å². The summed E-state index contributed by atoms with van der Waals surface area (Å²) in [5.74, 6) is -2.68. The van der Waals surface area contributed by atoms with E-state index in [1.807, 2.05) is 0 Å². The lowest BCUT2D eigenvalue weighted by atomic mass is 10.0. The number of Topliss-reactive ketones (excluding diaryl/α,β-unsaturated/α-hetero) is 1. The molecule has 7 nitrogen and oxygen atoms in total. The smallest absolute Gasteiger partial charge is 0.322 e. The molecule has 0 fully saturated rings. The lowest BCUT2D eigenvalue weighted by molar-refractivity contribution is -0.140. The summed E-state index contributed by atoms with van der Waals surface area (Å²) in [5, 5.41) is 16.7. The first-order valence-electron chi connectivity index (χ1n) is 5.89. The highest BCUT2D eigenvalue weighted by Gasteiger charge is 2.39. The molecule has 0 aromatic heterocycles. The number of carbonyl (C=O) groups excluding carboxylic acids is 1. The van der Waals surface area contributed by atoms with Gasteiger partial charge in [0, 0.05) is 5.75 Å². The molecule has 0 aromatic carbocycles. The summed E-state index contributed by atoms with van der Waals surface area (Å²) in [6.07, 6.45) is 1.75. The van der Waals surface area contributed by atoms with Crippen LogP contribution in [0.25, 0.3) is 0 Å². The molecule has 0 aliphatic carbocycles. The van der Waals surface area contributed by atoms with E-state index >= 15 is 0 Å². The van der Waals surface area contributed by atoms with E-state index in [1.54, 1.807) is 20.1 Å². The Balaban J connectivity index is 4.89. The van der Waals surface area contributed by atoms with Crippen molar-refractivity contribution in [1.82, 2.24) is 0 Å². The van der Waals surface area contributed by atoms with Crippen LogP contribution < -0.4 is 11.5 Å². The Kier molecular flexibility index (Phi) is 8.71. The van der Waals surface area contributed by atoms with Crippen LogP contribution in [0.1, 0.15) is 13.8 Å². The van der Waals surface area contributed by atoms with Crippen LogP contribution in [0.3, 0.4) is 0 Å². The van der Waals surface area contributed by atoms with Crippen molar-refractivity contribution in [3.8, 4) is 0 Å². The number of aliphatic carboxylic acids is 2. The minimum absolute atomic E-state index is 0.0514. The lowest BCUT2D eigenvalue weighted by Gasteiger charge is -2.28. The van der Waals surface area contributed by atoms with Crippen LogP contribution in [0.5, 0.6) is 0 Å². The first-order valence-corrected chi connectivity index (χ1v) is 9.49.